The molecule has 0 aliphatic carbocycles. The Morgan fingerprint density at radius 3 is 2.89 bits per heavy atom. The SMILES string of the molecule is Cc1c(Br)cccc1-c1nc2c(o1)CN(C(=O)CN1CCCCC1C(=O)O)C2. The van der Waals surface area contributed by atoms with Crippen molar-refractivity contribution in [2.24, 2.45) is 0 Å². The molecule has 3 heterocycles. The van der Waals surface area contributed by atoms with Gasteiger partial charge in [0, 0.05) is 10.0 Å². The van der Waals surface area contributed by atoms with Gasteiger partial charge in [-0.2, -0.15) is 0 Å². The van der Waals surface area contributed by atoms with Crippen LogP contribution in [0.15, 0.2) is 27.1 Å². The highest BCUT2D eigenvalue weighted by molar-refractivity contribution is 9.10. The van der Waals surface area contributed by atoms with Gasteiger partial charge in [0.15, 0.2) is 0 Å². The maximum Gasteiger partial charge on any atom is 0.320 e. The first-order chi connectivity index (χ1) is 13.4. The second-order valence-electron chi connectivity index (χ2n) is 7.37. The summed E-state index contributed by atoms with van der Waals surface area (Å²) in [4.78, 5) is 32.2. The third-order valence-electron chi connectivity index (χ3n) is 5.54. The molecule has 1 aromatic carbocycles. The van der Waals surface area contributed by atoms with Crippen molar-refractivity contribution in [1.82, 2.24) is 14.8 Å². The molecule has 2 aliphatic heterocycles. The number of rotatable bonds is 4. The summed E-state index contributed by atoms with van der Waals surface area (Å²) in [5, 5.41) is 9.38. The number of nitrogens with zero attached hydrogens (tertiary/aromatic N) is 3. The van der Waals surface area contributed by atoms with Gasteiger partial charge in [0.2, 0.25) is 11.8 Å². The molecule has 8 heteroatoms. The highest BCUT2D eigenvalue weighted by Crippen LogP contribution is 2.32. The topological polar surface area (TPSA) is 86.9 Å². The Balaban J connectivity index is 1.44. The largest absolute Gasteiger partial charge is 0.480 e. The fourth-order valence-corrected chi connectivity index (χ4v) is 4.27. The normalized spacial score (nSPS) is 19.6. The molecule has 2 aromatic rings. The fraction of sp³-hybridized carbons (Fsp3) is 0.450. The summed E-state index contributed by atoms with van der Waals surface area (Å²) in [5.74, 6) is 0.340. The van der Waals surface area contributed by atoms with Crippen LogP contribution in [-0.2, 0) is 22.7 Å². The van der Waals surface area contributed by atoms with E-state index in [0.29, 0.717) is 37.7 Å². The van der Waals surface area contributed by atoms with Gasteiger partial charge in [-0.25, -0.2) is 4.98 Å². The predicted octanol–water partition coefficient (Wildman–Crippen LogP) is 3.19. The van der Waals surface area contributed by atoms with Gasteiger partial charge in [0.05, 0.1) is 19.6 Å². The first-order valence-electron chi connectivity index (χ1n) is 9.42. The van der Waals surface area contributed by atoms with E-state index >= 15 is 0 Å². The maximum absolute atomic E-state index is 12.7. The smallest absolute Gasteiger partial charge is 0.320 e. The number of carboxylic acids is 1. The number of oxazole rings is 1. The maximum atomic E-state index is 12.7. The van der Waals surface area contributed by atoms with Gasteiger partial charge >= 0.3 is 5.97 Å². The zero-order chi connectivity index (χ0) is 19.8. The summed E-state index contributed by atoms with van der Waals surface area (Å²) in [5.41, 5.74) is 2.76. The second-order valence-corrected chi connectivity index (χ2v) is 8.23. The summed E-state index contributed by atoms with van der Waals surface area (Å²) < 4.78 is 6.94. The van der Waals surface area contributed by atoms with Crippen molar-refractivity contribution in [3.63, 3.8) is 0 Å². The summed E-state index contributed by atoms with van der Waals surface area (Å²) in [7, 11) is 0. The minimum atomic E-state index is -0.850. The third-order valence-corrected chi connectivity index (χ3v) is 6.40. The highest BCUT2D eigenvalue weighted by Gasteiger charge is 2.34. The number of carboxylic acid groups (broad SMARTS) is 1. The van der Waals surface area contributed by atoms with Gasteiger partial charge in [-0.05, 0) is 44.0 Å². The van der Waals surface area contributed by atoms with E-state index in [2.05, 4.69) is 20.9 Å². The molecule has 1 saturated heterocycles. The molecule has 0 spiro atoms. The second kappa shape index (κ2) is 7.67. The van der Waals surface area contributed by atoms with E-state index in [4.69, 9.17) is 4.42 Å². The molecule has 1 amide bonds. The minimum absolute atomic E-state index is 0.0819. The molecule has 0 bridgehead atoms. The zero-order valence-corrected chi connectivity index (χ0v) is 17.2. The van der Waals surface area contributed by atoms with Crippen LogP contribution in [0.1, 0.15) is 36.3 Å². The number of likely N-dealkylation sites (tertiary alicyclic amines) is 1. The molecule has 2 aliphatic rings. The van der Waals surface area contributed by atoms with Crippen LogP contribution >= 0.6 is 15.9 Å². The van der Waals surface area contributed by atoms with Gasteiger partial charge in [-0.1, -0.05) is 28.4 Å². The van der Waals surface area contributed by atoms with Gasteiger partial charge < -0.3 is 14.4 Å². The van der Waals surface area contributed by atoms with E-state index in [9.17, 15) is 14.7 Å². The lowest BCUT2D eigenvalue weighted by molar-refractivity contribution is -0.146. The third kappa shape index (κ3) is 3.58. The van der Waals surface area contributed by atoms with Gasteiger partial charge in [-0.3, -0.25) is 14.5 Å². The number of halogens is 1. The van der Waals surface area contributed by atoms with E-state index in [0.717, 1.165) is 34.1 Å². The molecular weight excluding hydrogens is 426 g/mol. The molecule has 1 N–H and O–H groups in total. The quantitative estimate of drug-likeness (QED) is 0.773. The molecule has 1 atom stereocenters. The fourth-order valence-electron chi connectivity index (χ4n) is 3.90. The van der Waals surface area contributed by atoms with Crippen LogP contribution in [0, 0.1) is 6.92 Å². The lowest BCUT2D eigenvalue weighted by Crippen LogP contribution is -2.49. The Hall–Kier alpha value is -2.19. The van der Waals surface area contributed by atoms with E-state index in [1.54, 1.807) is 9.80 Å². The molecule has 1 unspecified atom stereocenters. The van der Waals surface area contributed by atoms with E-state index in [-0.39, 0.29) is 12.5 Å². The monoisotopic (exact) mass is 447 g/mol. The molecule has 0 radical (unpaired) electrons. The Morgan fingerprint density at radius 2 is 2.14 bits per heavy atom. The Bertz CT molecular complexity index is 903. The minimum Gasteiger partial charge on any atom is -0.480 e. The number of benzene rings is 1. The zero-order valence-electron chi connectivity index (χ0n) is 15.7. The number of amides is 1. The Morgan fingerprint density at radius 1 is 1.32 bits per heavy atom. The lowest BCUT2D eigenvalue weighted by atomic mass is 10.0. The molecule has 7 nitrogen and oxygen atoms in total. The van der Waals surface area contributed by atoms with Crippen LogP contribution in [0.4, 0.5) is 0 Å². The summed E-state index contributed by atoms with van der Waals surface area (Å²) in [6, 6.07) is 5.31. The standard InChI is InChI=1S/C20H22BrN3O4/c1-12-13(5-4-6-14(12)21)19-22-15-9-24(10-17(15)28-19)18(25)11-23-8-3-2-7-16(23)20(26)27/h4-6,16H,2-3,7-11H2,1H3,(H,26,27). The molecule has 1 aromatic heterocycles. The van der Waals surface area contributed by atoms with Crippen molar-refractivity contribution in [3.8, 4) is 11.5 Å². The molecule has 4 rings (SSSR count). The Labute approximate surface area is 171 Å². The predicted molar refractivity (Wildman–Crippen MR) is 105 cm³/mol. The number of carbonyl (C=O) groups is 2. The van der Waals surface area contributed by atoms with Crippen molar-refractivity contribution in [1.29, 1.82) is 0 Å². The first-order valence-corrected chi connectivity index (χ1v) is 10.2. The molecular formula is C20H22BrN3O4. The number of aromatic nitrogens is 1. The van der Waals surface area contributed by atoms with Crippen LogP contribution in [0.25, 0.3) is 11.5 Å². The number of piperidine rings is 1. The van der Waals surface area contributed by atoms with Crippen LogP contribution in [-0.4, -0.2) is 50.9 Å². The van der Waals surface area contributed by atoms with Crippen molar-refractivity contribution in [2.45, 2.75) is 45.3 Å². The number of aliphatic carboxylic acids is 1. The molecule has 1 fully saturated rings. The van der Waals surface area contributed by atoms with Crippen molar-refractivity contribution in [2.75, 3.05) is 13.1 Å². The number of hydrogen-bond donors (Lipinski definition) is 1. The molecule has 0 saturated carbocycles. The summed E-state index contributed by atoms with van der Waals surface area (Å²) in [6.45, 7) is 3.54. The lowest BCUT2D eigenvalue weighted by Gasteiger charge is -2.33. The van der Waals surface area contributed by atoms with Crippen molar-refractivity contribution >= 4 is 27.8 Å². The number of fused-ring (bicyclic) bond motifs is 1. The van der Waals surface area contributed by atoms with Crippen LogP contribution in [0.5, 0.6) is 0 Å². The van der Waals surface area contributed by atoms with Gasteiger partial charge in [0.1, 0.15) is 17.5 Å². The van der Waals surface area contributed by atoms with Gasteiger partial charge in [0.25, 0.3) is 0 Å². The van der Waals surface area contributed by atoms with Crippen LogP contribution < -0.4 is 0 Å². The first kappa shape index (κ1) is 19.1. The van der Waals surface area contributed by atoms with Gasteiger partial charge in [-0.15, -0.1) is 0 Å². The highest BCUT2D eigenvalue weighted by atomic mass is 79.9. The average Bonchev–Trinajstić information content (AvgIpc) is 3.23. The van der Waals surface area contributed by atoms with Crippen LogP contribution in [0.3, 0.4) is 0 Å². The van der Waals surface area contributed by atoms with Crippen LogP contribution in [0.2, 0.25) is 0 Å². The molecule has 148 valence electrons. The average molecular weight is 448 g/mol. The van der Waals surface area contributed by atoms with E-state index < -0.39 is 12.0 Å². The Kier molecular flexibility index (Phi) is 5.25. The molecule has 28 heavy (non-hydrogen) atoms. The summed E-state index contributed by atoms with van der Waals surface area (Å²) in [6.07, 6.45) is 2.41. The van der Waals surface area contributed by atoms with E-state index in [1.165, 1.54) is 0 Å². The number of carbonyl (C=O) groups excluding carboxylic acids is 1. The van der Waals surface area contributed by atoms with Crippen molar-refractivity contribution in [3.05, 3.63) is 39.7 Å². The summed E-state index contributed by atoms with van der Waals surface area (Å²) >= 11 is 3.52. The van der Waals surface area contributed by atoms with E-state index in [1.807, 2.05) is 25.1 Å². The number of hydrogen-bond acceptors (Lipinski definition) is 5. The van der Waals surface area contributed by atoms with Crippen molar-refractivity contribution < 1.29 is 19.1 Å².